The first-order chi connectivity index (χ1) is 33.5. The van der Waals surface area contributed by atoms with E-state index in [0.29, 0.717) is 28.7 Å². The highest BCUT2D eigenvalue weighted by Gasteiger charge is 2.58. The number of esters is 2. The van der Waals surface area contributed by atoms with Crippen LogP contribution in [-0.2, 0) is 62.2 Å². The molecule has 0 spiro atoms. The van der Waals surface area contributed by atoms with E-state index in [-0.39, 0.29) is 19.3 Å². The number of hydrogen-bond donors (Lipinski definition) is 8. The van der Waals surface area contributed by atoms with E-state index in [4.69, 9.17) is 29.4 Å². The molecule has 1 aromatic heterocycles. The highest BCUT2D eigenvalue weighted by atomic mass is 32.3. The summed E-state index contributed by atoms with van der Waals surface area (Å²) in [5.41, 5.74) is 3.78. The molecular formula is C44H67N5O21S. The number of nitrogens with one attached hydrogen (secondary N) is 1. The number of carboxylic acids is 2. The minimum absolute atomic E-state index is 0.144. The van der Waals surface area contributed by atoms with E-state index in [9.17, 15) is 72.1 Å². The largest absolute Gasteiger partial charge is 0.481 e. The van der Waals surface area contributed by atoms with E-state index >= 15 is 0 Å². The second kappa shape index (κ2) is 27.2. The molecule has 3 aliphatic rings. The Labute approximate surface area is 409 Å². The summed E-state index contributed by atoms with van der Waals surface area (Å²) in [6.45, 7) is 2.57. The molecule has 9 N–H and O–H groups in total. The van der Waals surface area contributed by atoms with Crippen molar-refractivity contribution in [2.75, 3.05) is 27.2 Å². The van der Waals surface area contributed by atoms with Crippen molar-refractivity contribution < 1.29 is 90.3 Å². The average molecular weight is 1030 g/mol. The zero-order chi connectivity index (χ0) is 52.7. The van der Waals surface area contributed by atoms with Gasteiger partial charge >= 0.3 is 40.0 Å². The summed E-state index contributed by atoms with van der Waals surface area (Å²) < 4.78 is 67.9. The third-order valence-corrected chi connectivity index (χ3v) is 12.6. The molecule has 14 atom stereocenters. The van der Waals surface area contributed by atoms with Gasteiger partial charge in [-0.3, -0.25) is 43.0 Å². The number of aromatic nitrogens is 2. The van der Waals surface area contributed by atoms with Crippen LogP contribution in [0.2, 0.25) is 0 Å². The number of rotatable bonds is 27. The third kappa shape index (κ3) is 16.8. The number of aliphatic carboxylic acids is 2. The fourth-order valence-corrected chi connectivity index (χ4v) is 9.11. The maximum Gasteiger partial charge on any atom is 0.397 e. The highest BCUT2D eigenvalue weighted by molar-refractivity contribution is 7.80. The predicted octanol–water partition coefficient (Wildman–Crippen LogP) is -1.03. The summed E-state index contributed by atoms with van der Waals surface area (Å²) in [4.78, 5) is 94.2. The van der Waals surface area contributed by atoms with Crippen molar-refractivity contribution in [2.45, 2.75) is 164 Å². The smallest absolute Gasteiger partial charge is 0.397 e. The summed E-state index contributed by atoms with van der Waals surface area (Å²) in [6.07, 6.45) is -6.26. The van der Waals surface area contributed by atoms with Crippen LogP contribution in [-0.4, -0.2) is 188 Å². The second-order valence-corrected chi connectivity index (χ2v) is 18.9. The van der Waals surface area contributed by atoms with Gasteiger partial charge in [0.15, 0.2) is 24.7 Å². The Morgan fingerprint density at radius 3 is 2.21 bits per heavy atom. The fraction of sp³-hybridized carbons (Fsp3) is 0.705. The van der Waals surface area contributed by atoms with E-state index in [1.807, 2.05) is 17.1 Å². The Hall–Kier alpha value is -4.94. The number of aliphatic hydroxyl groups excluding tert-OH is 3. The van der Waals surface area contributed by atoms with Gasteiger partial charge in [-0.25, -0.2) is 13.8 Å². The molecule has 0 saturated carbocycles. The first kappa shape index (κ1) is 58.6. The Morgan fingerprint density at radius 1 is 0.930 bits per heavy atom. The summed E-state index contributed by atoms with van der Waals surface area (Å²) in [7, 11) is -3.08. The molecule has 400 valence electrons. The van der Waals surface area contributed by atoms with E-state index in [2.05, 4.69) is 23.3 Å². The molecule has 1 aromatic rings. The monoisotopic (exact) mass is 1030 g/mol. The van der Waals surface area contributed by atoms with Crippen LogP contribution >= 0.6 is 0 Å². The van der Waals surface area contributed by atoms with Crippen LogP contribution in [0.15, 0.2) is 46.2 Å². The van der Waals surface area contributed by atoms with Crippen molar-refractivity contribution in [3.05, 3.63) is 57.4 Å². The number of aromatic amines is 1. The Balaban J connectivity index is 1.64. The highest BCUT2D eigenvalue weighted by Crippen LogP contribution is 2.37. The third-order valence-electron chi connectivity index (χ3n) is 12.1. The van der Waals surface area contributed by atoms with Crippen LogP contribution in [0.25, 0.3) is 0 Å². The van der Waals surface area contributed by atoms with Gasteiger partial charge in [0.05, 0.1) is 6.42 Å². The normalized spacial score (nSPS) is 28.8. The number of likely N-dealkylation sites (N-methyl/N-ethyl adjacent to an activating group) is 2. The molecule has 4 heterocycles. The number of allylic oxidation sites excluding steroid dienone is 4. The Morgan fingerprint density at radius 2 is 1.61 bits per heavy atom. The van der Waals surface area contributed by atoms with Crippen LogP contribution in [0.5, 0.6) is 0 Å². The minimum atomic E-state index is -5.37. The zero-order valence-corrected chi connectivity index (χ0v) is 40.7. The van der Waals surface area contributed by atoms with Gasteiger partial charge in [0.2, 0.25) is 5.91 Å². The van der Waals surface area contributed by atoms with Gasteiger partial charge in [0.25, 0.3) is 5.56 Å². The Kier molecular flexibility index (Phi) is 22.5. The number of ether oxygens (including phenoxy) is 5. The molecule has 27 heteroatoms. The predicted molar refractivity (Wildman–Crippen MR) is 244 cm³/mol. The first-order valence-electron chi connectivity index (χ1n) is 23.3. The van der Waals surface area contributed by atoms with Gasteiger partial charge in [-0.15, -0.1) is 0 Å². The summed E-state index contributed by atoms with van der Waals surface area (Å²) in [6, 6.07) is -2.91. The number of aliphatic hydroxyl groups is 3. The Bertz CT molecular complexity index is 2260. The van der Waals surface area contributed by atoms with Gasteiger partial charge in [0, 0.05) is 45.2 Å². The van der Waals surface area contributed by atoms with Crippen molar-refractivity contribution in [3.63, 3.8) is 0 Å². The van der Waals surface area contributed by atoms with E-state index < -0.39 is 156 Å². The van der Waals surface area contributed by atoms with Crippen molar-refractivity contribution in [1.82, 2.24) is 19.4 Å². The van der Waals surface area contributed by atoms with Gasteiger partial charge < -0.3 is 59.9 Å². The minimum Gasteiger partial charge on any atom is -0.481 e. The number of carbonyl (C=O) groups excluding carboxylic acids is 3. The number of carbonyl (C=O) groups is 5. The maximum atomic E-state index is 14.7. The number of nitrogens with two attached hydrogens (primary N) is 1. The number of unbranched alkanes of at least 4 members (excludes halogenated alkanes) is 4. The molecular weight excluding hydrogens is 967 g/mol. The molecule has 4 rings (SSSR count). The lowest BCUT2D eigenvalue weighted by atomic mass is 9.97. The van der Waals surface area contributed by atoms with Crippen LogP contribution in [0.1, 0.15) is 90.7 Å². The molecule has 0 radical (unpaired) electrons. The van der Waals surface area contributed by atoms with Crippen molar-refractivity contribution in [3.8, 4) is 0 Å². The molecule has 3 saturated heterocycles. The van der Waals surface area contributed by atoms with Crippen molar-refractivity contribution in [1.29, 1.82) is 0 Å². The lowest BCUT2D eigenvalue weighted by molar-refractivity contribution is -0.230. The average Bonchev–Trinajstić information content (AvgIpc) is 3.69. The van der Waals surface area contributed by atoms with Crippen LogP contribution < -0.4 is 17.0 Å². The van der Waals surface area contributed by atoms with Crippen molar-refractivity contribution in [2.24, 2.45) is 11.7 Å². The van der Waals surface area contributed by atoms with Gasteiger partial charge in [0.1, 0.15) is 54.9 Å². The molecule has 3 fully saturated rings. The van der Waals surface area contributed by atoms with Crippen molar-refractivity contribution >= 4 is 40.2 Å². The van der Waals surface area contributed by atoms with Crippen LogP contribution in [0.3, 0.4) is 0 Å². The number of hydrogen-bond acceptors (Lipinski definition) is 20. The molecule has 0 bridgehead atoms. The maximum absolute atomic E-state index is 14.7. The summed E-state index contributed by atoms with van der Waals surface area (Å²) >= 11 is 0. The lowest BCUT2D eigenvalue weighted by Crippen LogP contribution is -2.60. The van der Waals surface area contributed by atoms with Crippen LogP contribution in [0.4, 0.5) is 0 Å². The number of carboxylic acid groups (broad SMARTS) is 2. The standard InChI is InChI=1S/C44H67N5O21S/c1-5-6-7-8-9-10-11-12-13-14-15-16-25(65-30(53)20-24(2)19-29(51)52)21-31(54)66-27-23-47(3)33(40(58)48(4)32(27)42(59)60)37(69-43-39(70-71(62,63)64)34(55)26(22-45)67-43)38-35(56)36(57)41(68-38)49-18-17-28(50)46-44(49)61/h9-10,12-13,17-18,24-27,32-39,41,43,55-57H,5-8,11,14-16,19-23,45H2,1-4H3,(H,51,52)(H,59,60)(H,46,50,61)(H,62,63,64)/b10-9-,13-12-/t24-,25+,26-,27+,32+,33-,34-,35+,36-,37+,38+,39-,41-,43+/m1/s1. The fourth-order valence-electron chi connectivity index (χ4n) is 8.63. The lowest BCUT2D eigenvalue weighted by Gasteiger charge is -2.38. The first-order valence-corrected chi connectivity index (χ1v) is 24.6. The number of H-pyrrole nitrogens is 1. The quantitative estimate of drug-likeness (QED) is 0.0226. The molecule has 0 aliphatic carbocycles. The molecule has 0 aromatic carbocycles. The van der Waals surface area contributed by atoms with E-state index in [0.717, 1.165) is 49.9 Å². The topological polar surface area (TPSA) is 384 Å². The molecule has 1 amide bonds. The van der Waals surface area contributed by atoms with Gasteiger partial charge in [-0.2, -0.15) is 8.42 Å². The molecule has 71 heavy (non-hydrogen) atoms. The molecule has 3 aliphatic heterocycles. The van der Waals surface area contributed by atoms with Gasteiger partial charge in [-0.1, -0.05) is 51.0 Å². The molecule has 0 unspecified atom stereocenters. The number of nitrogens with zero attached hydrogens (tertiary/aromatic N) is 3. The number of amides is 1. The second-order valence-electron chi connectivity index (χ2n) is 17.8. The van der Waals surface area contributed by atoms with E-state index in [1.165, 1.54) is 14.0 Å². The van der Waals surface area contributed by atoms with Crippen LogP contribution in [0, 0.1) is 5.92 Å². The van der Waals surface area contributed by atoms with Gasteiger partial charge in [-0.05, 0) is 51.5 Å². The van der Waals surface area contributed by atoms with E-state index in [1.54, 1.807) is 0 Å². The SMILES string of the molecule is CCCCC/C=C\C/C=C\CCC[C@@H](CC(=O)O[C@H]1CN(C)[C@H]([C@H](O[C@@H]2O[C@H](CN)[C@@H](O)[C@H]2OS(=O)(=O)O)[C@H]2O[C@@H](n3ccc(=O)[nH]c3=O)[C@H](O)[C@@H]2O)C(=O)N(C)[C@@H]1C(=O)O)OC(=O)C[C@H](C)CC(=O)O. The molecule has 26 nitrogen and oxygen atoms in total. The zero-order valence-electron chi connectivity index (χ0n) is 39.9. The summed E-state index contributed by atoms with van der Waals surface area (Å²) in [5, 5.41) is 53.4. The summed E-state index contributed by atoms with van der Waals surface area (Å²) in [5.74, 6) is -6.37.